The number of hydrogen-bond donors (Lipinski definition) is 1. The van der Waals surface area contributed by atoms with Crippen LogP contribution in [0, 0.1) is 23.7 Å². The van der Waals surface area contributed by atoms with Gasteiger partial charge >= 0.3 is 0 Å². The van der Waals surface area contributed by atoms with Gasteiger partial charge in [0.25, 0.3) is 0 Å². The molecule has 1 aliphatic carbocycles. The molecule has 2 amide bonds. The highest BCUT2D eigenvalue weighted by Crippen LogP contribution is 2.52. The van der Waals surface area contributed by atoms with Crippen molar-refractivity contribution in [2.75, 3.05) is 11.5 Å². The van der Waals surface area contributed by atoms with Gasteiger partial charge in [-0.05, 0) is 73.1 Å². The Balaban J connectivity index is 1.40. The quantitative estimate of drug-likeness (QED) is 0.288. The number of para-hydroxylation sites is 1. The van der Waals surface area contributed by atoms with Crippen molar-refractivity contribution in [3.05, 3.63) is 75.8 Å². The first-order valence-electron chi connectivity index (χ1n) is 13.7. The van der Waals surface area contributed by atoms with Gasteiger partial charge in [-0.1, -0.05) is 74.2 Å². The van der Waals surface area contributed by atoms with Gasteiger partial charge < -0.3 is 9.84 Å². The van der Waals surface area contributed by atoms with E-state index in [2.05, 4.69) is 26.8 Å². The Morgan fingerprint density at radius 3 is 2.55 bits per heavy atom. The Kier molecular flexibility index (Phi) is 7.78. The fourth-order valence-electron chi connectivity index (χ4n) is 6.55. The van der Waals surface area contributed by atoms with Crippen molar-refractivity contribution in [2.45, 2.75) is 59.0 Å². The van der Waals surface area contributed by atoms with Gasteiger partial charge in [-0.3, -0.25) is 14.5 Å². The molecule has 5 nitrogen and oxygen atoms in total. The Bertz CT molecular complexity index is 1280. The lowest BCUT2D eigenvalue weighted by Gasteiger charge is -2.33. The normalized spacial score (nSPS) is 25.4. The molecule has 2 saturated heterocycles. The number of halogens is 1. The first-order valence-corrected chi connectivity index (χ1v) is 14.1. The highest BCUT2D eigenvalue weighted by molar-refractivity contribution is 6.32. The molecule has 5 rings (SSSR count). The number of nitrogens with zero attached hydrogens (tertiary/aromatic N) is 1. The fraction of sp³-hybridized carbons (Fsp3) is 0.438. The number of anilines is 1. The van der Waals surface area contributed by atoms with Crippen LogP contribution >= 0.6 is 11.6 Å². The Labute approximate surface area is 230 Å². The van der Waals surface area contributed by atoms with E-state index in [1.807, 2.05) is 36.4 Å². The van der Waals surface area contributed by atoms with Gasteiger partial charge in [0.2, 0.25) is 11.8 Å². The van der Waals surface area contributed by atoms with Crippen LogP contribution in [-0.2, 0) is 14.3 Å². The van der Waals surface area contributed by atoms with Crippen molar-refractivity contribution in [2.24, 2.45) is 23.7 Å². The number of phenols is 1. The molecule has 2 aromatic rings. The number of hydrogen-bond acceptors (Lipinski definition) is 4. The number of imide groups is 1. The Hall–Kier alpha value is -2.89. The maximum Gasteiger partial charge on any atom is 0.238 e. The summed E-state index contributed by atoms with van der Waals surface area (Å²) in [5.74, 6) is -0.446. The van der Waals surface area contributed by atoms with Crippen molar-refractivity contribution in [1.29, 1.82) is 0 Å². The number of aromatic hydroxyl groups is 1. The molecule has 2 aliphatic heterocycles. The van der Waals surface area contributed by atoms with Crippen LogP contribution in [0.4, 0.5) is 5.69 Å². The van der Waals surface area contributed by atoms with Crippen molar-refractivity contribution in [3.8, 4) is 5.75 Å². The maximum absolute atomic E-state index is 13.7. The topological polar surface area (TPSA) is 66.8 Å². The minimum absolute atomic E-state index is 0.0496. The van der Waals surface area contributed by atoms with Crippen LogP contribution in [-0.4, -0.2) is 29.6 Å². The first kappa shape index (κ1) is 26.7. The van der Waals surface area contributed by atoms with Crippen LogP contribution in [0.5, 0.6) is 5.75 Å². The zero-order chi connectivity index (χ0) is 27.0. The van der Waals surface area contributed by atoms with Gasteiger partial charge in [0.15, 0.2) is 0 Å². The lowest BCUT2D eigenvalue weighted by molar-refractivity contribution is -0.122. The van der Waals surface area contributed by atoms with E-state index in [-0.39, 0.29) is 47.3 Å². The van der Waals surface area contributed by atoms with Crippen molar-refractivity contribution in [3.63, 3.8) is 0 Å². The number of rotatable bonds is 8. The SMILES string of the molecule is CCC/C(=C\c1ccc(O)cc1Cl)CC[C@H]1OC[C@H]2C1=C(C(C)C)C[C@H]1C(=O)N(c3ccccc3)C(=O)[C@H]12. The third-order valence-corrected chi connectivity index (χ3v) is 8.63. The minimum Gasteiger partial charge on any atom is -0.508 e. The van der Waals surface area contributed by atoms with Crippen molar-refractivity contribution >= 4 is 35.2 Å². The standard InChI is InChI=1S/C32H36ClNO4/c1-4-8-20(15-21-12-13-23(35)16-27(21)33)11-14-28-29-24(19(2)3)17-25-30(26(29)18-38-28)32(37)34(31(25)36)22-9-6-5-7-10-22/h5-7,9-10,12-13,15-16,19,25-26,28,30,35H,4,8,11,14,17-18H2,1-3H3/b20-15+/t25-,26+,28-,30-/m1/s1. The van der Waals surface area contributed by atoms with E-state index in [0.29, 0.717) is 23.7 Å². The third-order valence-electron chi connectivity index (χ3n) is 8.30. The number of benzene rings is 2. The van der Waals surface area contributed by atoms with Gasteiger partial charge in [-0.25, -0.2) is 0 Å². The second-order valence-electron chi connectivity index (χ2n) is 11.0. The van der Waals surface area contributed by atoms with Crippen LogP contribution in [0.3, 0.4) is 0 Å². The average molecular weight is 534 g/mol. The number of allylic oxidation sites excluding steroid dienone is 2. The summed E-state index contributed by atoms with van der Waals surface area (Å²) in [5.41, 5.74) is 5.39. The third kappa shape index (κ3) is 4.94. The fourth-order valence-corrected chi connectivity index (χ4v) is 6.78. The zero-order valence-corrected chi connectivity index (χ0v) is 23.1. The number of ether oxygens (including phenoxy) is 1. The van der Waals surface area contributed by atoms with E-state index in [4.69, 9.17) is 16.3 Å². The number of carbonyl (C=O) groups excluding carboxylic acids is 2. The predicted octanol–water partition coefficient (Wildman–Crippen LogP) is 7.19. The van der Waals surface area contributed by atoms with E-state index < -0.39 is 0 Å². The molecule has 6 heteroatoms. The summed E-state index contributed by atoms with van der Waals surface area (Å²) < 4.78 is 6.41. The summed E-state index contributed by atoms with van der Waals surface area (Å²) in [4.78, 5) is 28.6. The molecule has 4 atom stereocenters. The summed E-state index contributed by atoms with van der Waals surface area (Å²) in [6.45, 7) is 7.01. The summed E-state index contributed by atoms with van der Waals surface area (Å²) in [7, 11) is 0. The Morgan fingerprint density at radius 2 is 1.87 bits per heavy atom. The van der Waals surface area contributed by atoms with E-state index in [1.165, 1.54) is 21.6 Å². The minimum atomic E-state index is -0.355. The van der Waals surface area contributed by atoms with Crippen LogP contribution in [0.2, 0.25) is 5.02 Å². The summed E-state index contributed by atoms with van der Waals surface area (Å²) in [6, 6.07) is 14.4. The predicted molar refractivity (Wildman–Crippen MR) is 151 cm³/mol. The van der Waals surface area contributed by atoms with Gasteiger partial charge in [0.05, 0.1) is 35.3 Å². The number of phenolic OH excluding ortho intramolecular Hbond substituents is 1. The van der Waals surface area contributed by atoms with Crippen LogP contribution in [0.15, 0.2) is 65.3 Å². The lowest BCUT2D eigenvalue weighted by atomic mass is 9.67. The molecule has 2 heterocycles. The lowest BCUT2D eigenvalue weighted by Crippen LogP contribution is -2.35. The van der Waals surface area contributed by atoms with E-state index >= 15 is 0 Å². The van der Waals surface area contributed by atoms with Crippen molar-refractivity contribution in [1.82, 2.24) is 0 Å². The molecule has 3 aliphatic rings. The first-order chi connectivity index (χ1) is 18.3. The van der Waals surface area contributed by atoms with Gasteiger partial charge in [-0.2, -0.15) is 0 Å². The molecule has 0 spiro atoms. The van der Waals surface area contributed by atoms with E-state index in [0.717, 1.165) is 31.2 Å². The molecule has 2 fully saturated rings. The van der Waals surface area contributed by atoms with E-state index in [1.54, 1.807) is 12.1 Å². The summed E-state index contributed by atoms with van der Waals surface area (Å²) in [6.07, 6.45) is 6.35. The second kappa shape index (κ2) is 11.1. The van der Waals surface area contributed by atoms with Gasteiger partial charge in [0.1, 0.15) is 5.75 Å². The molecule has 2 aromatic carbocycles. The maximum atomic E-state index is 13.7. The average Bonchev–Trinajstić information content (AvgIpc) is 3.42. The van der Waals surface area contributed by atoms with Crippen LogP contribution < -0.4 is 4.90 Å². The molecule has 200 valence electrons. The molecular weight excluding hydrogens is 498 g/mol. The molecular formula is C32H36ClNO4. The summed E-state index contributed by atoms with van der Waals surface area (Å²) >= 11 is 6.38. The monoisotopic (exact) mass is 533 g/mol. The van der Waals surface area contributed by atoms with E-state index in [9.17, 15) is 14.7 Å². The number of amides is 2. The molecule has 38 heavy (non-hydrogen) atoms. The molecule has 0 radical (unpaired) electrons. The van der Waals surface area contributed by atoms with Crippen molar-refractivity contribution < 1.29 is 19.4 Å². The highest BCUT2D eigenvalue weighted by atomic mass is 35.5. The second-order valence-corrected chi connectivity index (χ2v) is 11.5. The van der Waals surface area contributed by atoms with Crippen LogP contribution in [0.1, 0.15) is 58.4 Å². The Morgan fingerprint density at radius 1 is 1.11 bits per heavy atom. The molecule has 0 aromatic heterocycles. The zero-order valence-electron chi connectivity index (χ0n) is 22.3. The van der Waals surface area contributed by atoms with Gasteiger partial charge in [-0.15, -0.1) is 0 Å². The smallest absolute Gasteiger partial charge is 0.238 e. The molecule has 0 unspecified atom stereocenters. The molecule has 0 saturated carbocycles. The molecule has 0 bridgehead atoms. The van der Waals surface area contributed by atoms with Crippen LogP contribution in [0.25, 0.3) is 6.08 Å². The molecule has 1 N–H and O–H groups in total. The van der Waals surface area contributed by atoms with Gasteiger partial charge in [0, 0.05) is 5.92 Å². The summed E-state index contributed by atoms with van der Waals surface area (Å²) in [5, 5.41) is 10.2. The number of fused-ring (bicyclic) bond motifs is 3. The highest BCUT2D eigenvalue weighted by Gasteiger charge is 2.57. The largest absolute Gasteiger partial charge is 0.508 e. The number of carbonyl (C=O) groups is 2.